The van der Waals surface area contributed by atoms with Crippen LogP contribution in [0.5, 0.6) is 11.5 Å². The van der Waals surface area contributed by atoms with Crippen LogP contribution in [0.1, 0.15) is 35.1 Å². The van der Waals surface area contributed by atoms with Gasteiger partial charge in [0.05, 0.1) is 11.6 Å². The number of rotatable bonds is 4. The molecule has 1 unspecified atom stereocenters. The smallest absolute Gasteiger partial charge is 0.271 e. The molecule has 1 saturated heterocycles. The fraction of sp³-hybridized carbons (Fsp3) is 0.250. The summed E-state index contributed by atoms with van der Waals surface area (Å²) in [4.78, 5) is 14.9. The molecule has 2 aromatic carbocycles. The number of aromatic nitrogens is 4. The van der Waals surface area contributed by atoms with Gasteiger partial charge in [0.2, 0.25) is 18.6 Å². The SMILES string of the molecule is O=C(c1cc(-c2ccccc2)n[nH]1)N1CCCC(c2nnc(-c3ccc4c(c3)OCO4)o2)C1. The van der Waals surface area contributed by atoms with Crippen molar-refractivity contribution < 1.29 is 18.7 Å². The maximum absolute atomic E-state index is 13.1. The van der Waals surface area contributed by atoms with E-state index in [2.05, 4.69) is 20.4 Å². The number of piperidine rings is 1. The Morgan fingerprint density at radius 1 is 1.00 bits per heavy atom. The Labute approximate surface area is 189 Å². The zero-order valence-electron chi connectivity index (χ0n) is 17.7. The largest absolute Gasteiger partial charge is 0.454 e. The summed E-state index contributed by atoms with van der Waals surface area (Å²) >= 11 is 0. The number of ether oxygens (including phenoxy) is 2. The number of likely N-dealkylation sites (tertiary alicyclic amines) is 1. The lowest BCUT2D eigenvalue weighted by atomic mass is 9.97. The van der Waals surface area contributed by atoms with Gasteiger partial charge in [0, 0.05) is 24.2 Å². The van der Waals surface area contributed by atoms with Crippen molar-refractivity contribution in [1.82, 2.24) is 25.3 Å². The Morgan fingerprint density at radius 2 is 1.88 bits per heavy atom. The van der Waals surface area contributed by atoms with Crippen LogP contribution in [0.25, 0.3) is 22.7 Å². The molecule has 2 aromatic heterocycles. The molecular formula is C24H21N5O4. The van der Waals surface area contributed by atoms with E-state index < -0.39 is 0 Å². The zero-order chi connectivity index (χ0) is 22.2. The second-order valence-electron chi connectivity index (χ2n) is 8.14. The number of benzene rings is 2. The molecule has 0 saturated carbocycles. The number of nitrogens with zero attached hydrogens (tertiary/aromatic N) is 4. The highest BCUT2D eigenvalue weighted by Crippen LogP contribution is 2.36. The third-order valence-electron chi connectivity index (χ3n) is 6.00. The van der Waals surface area contributed by atoms with Crippen LogP contribution in [0.4, 0.5) is 0 Å². The van der Waals surface area contributed by atoms with E-state index in [4.69, 9.17) is 13.9 Å². The number of hydrogen-bond acceptors (Lipinski definition) is 7. The lowest BCUT2D eigenvalue weighted by molar-refractivity contribution is 0.0692. The lowest BCUT2D eigenvalue weighted by Gasteiger charge is -2.30. The Morgan fingerprint density at radius 3 is 2.79 bits per heavy atom. The van der Waals surface area contributed by atoms with Gasteiger partial charge in [-0.15, -0.1) is 10.2 Å². The summed E-state index contributed by atoms with van der Waals surface area (Å²) in [6.45, 7) is 1.41. The molecule has 0 aliphatic carbocycles. The average Bonchev–Trinajstić information content (AvgIpc) is 3.64. The van der Waals surface area contributed by atoms with Gasteiger partial charge < -0.3 is 18.8 Å². The molecule has 2 aliphatic heterocycles. The van der Waals surface area contributed by atoms with E-state index in [0.717, 1.165) is 29.7 Å². The van der Waals surface area contributed by atoms with Crippen molar-refractivity contribution in [3.63, 3.8) is 0 Å². The maximum atomic E-state index is 13.1. The van der Waals surface area contributed by atoms with Crippen molar-refractivity contribution in [1.29, 1.82) is 0 Å². The van der Waals surface area contributed by atoms with E-state index in [9.17, 15) is 4.79 Å². The molecule has 1 fully saturated rings. The molecule has 6 rings (SSSR count). The Bertz CT molecular complexity index is 1300. The Hall–Kier alpha value is -4.14. The van der Waals surface area contributed by atoms with Gasteiger partial charge in [0.15, 0.2) is 11.5 Å². The number of carbonyl (C=O) groups excluding carboxylic acids is 1. The summed E-state index contributed by atoms with van der Waals surface area (Å²) in [5.41, 5.74) is 2.96. The molecule has 0 radical (unpaired) electrons. The number of aromatic amines is 1. The van der Waals surface area contributed by atoms with Gasteiger partial charge in [-0.05, 0) is 37.1 Å². The summed E-state index contributed by atoms with van der Waals surface area (Å²) in [5, 5.41) is 15.7. The topological polar surface area (TPSA) is 106 Å². The van der Waals surface area contributed by atoms with Gasteiger partial charge in [-0.3, -0.25) is 9.89 Å². The van der Waals surface area contributed by atoms with Crippen molar-refractivity contribution in [2.24, 2.45) is 0 Å². The molecule has 9 heteroatoms. The van der Waals surface area contributed by atoms with Crippen molar-refractivity contribution >= 4 is 5.91 Å². The summed E-state index contributed by atoms with van der Waals surface area (Å²) in [5.74, 6) is 2.23. The molecule has 33 heavy (non-hydrogen) atoms. The highest BCUT2D eigenvalue weighted by Gasteiger charge is 2.30. The predicted molar refractivity (Wildman–Crippen MR) is 118 cm³/mol. The molecule has 0 bridgehead atoms. The summed E-state index contributed by atoms with van der Waals surface area (Å²) < 4.78 is 16.8. The number of H-pyrrole nitrogens is 1. The molecule has 0 spiro atoms. The number of amides is 1. The third-order valence-corrected chi connectivity index (χ3v) is 6.00. The van der Waals surface area contributed by atoms with Crippen molar-refractivity contribution in [3.8, 4) is 34.2 Å². The van der Waals surface area contributed by atoms with Crippen molar-refractivity contribution in [2.45, 2.75) is 18.8 Å². The van der Waals surface area contributed by atoms with Crippen LogP contribution in [0.15, 0.2) is 59.0 Å². The van der Waals surface area contributed by atoms with Crippen LogP contribution in [0.2, 0.25) is 0 Å². The monoisotopic (exact) mass is 443 g/mol. The van der Waals surface area contributed by atoms with Gasteiger partial charge in [-0.25, -0.2) is 0 Å². The quantitative estimate of drug-likeness (QED) is 0.510. The lowest BCUT2D eigenvalue weighted by Crippen LogP contribution is -2.39. The highest BCUT2D eigenvalue weighted by molar-refractivity contribution is 5.93. The first-order valence-corrected chi connectivity index (χ1v) is 10.9. The van der Waals surface area contributed by atoms with Gasteiger partial charge >= 0.3 is 0 Å². The van der Waals surface area contributed by atoms with E-state index in [1.54, 1.807) is 6.07 Å². The van der Waals surface area contributed by atoms with Gasteiger partial charge in [-0.2, -0.15) is 5.10 Å². The minimum Gasteiger partial charge on any atom is -0.454 e. The zero-order valence-corrected chi connectivity index (χ0v) is 17.7. The molecule has 166 valence electrons. The summed E-state index contributed by atoms with van der Waals surface area (Å²) in [6.07, 6.45) is 1.74. The fourth-order valence-corrected chi connectivity index (χ4v) is 4.27. The van der Waals surface area contributed by atoms with E-state index in [0.29, 0.717) is 42.1 Å². The van der Waals surface area contributed by atoms with E-state index in [-0.39, 0.29) is 18.6 Å². The molecular weight excluding hydrogens is 422 g/mol. The minimum atomic E-state index is -0.0788. The van der Waals surface area contributed by atoms with Gasteiger partial charge in [0.25, 0.3) is 5.91 Å². The molecule has 4 heterocycles. The minimum absolute atomic E-state index is 0.0190. The van der Waals surface area contributed by atoms with Crippen LogP contribution in [-0.4, -0.2) is 51.1 Å². The Kier molecular flexibility index (Phi) is 4.79. The second kappa shape index (κ2) is 8.09. The van der Waals surface area contributed by atoms with Crippen LogP contribution < -0.4 is 9.47 Å². The number of hydrogen-bond donors (Lipinski definition) is 1. The predicted octanol–water partition coefficient (Wildman–Crippen LogP) is 3.88. The van der Waals surface area contributed by atoms with Crippen molar-refractivity contribution in [3.05, 3.63) is 66.2 Å². The number of fused-ring (bicyclic) bond motifs is 1. The Balaban J connectivity index is 1.17. The average molecular weight is 443 g/mol. The number of nitrogens with one attached hydrogen (secondary N) is 1. The first kappa shape index (κ1) is 19.5. The van der Waals surface area contributed by atoms with Crippen LogP contribution in [0.3, 0.4) is 0 Å². The molecule has 1 atom stereocenters. The molecule has 9 nitrogen and oxygen atoms in total. The fourth-order valence-electron chi connectivity index (χ4n) is 4.27. The van der Waals surface area contributed by atoms with Gasteiger partial charge in [-0.1, -0.05) is 30.3 Å². The molecule has 1 N–H and O–H groups in total. The first-order valence-electron chi connectivity index (χ1n) is 10.9. The third kappa shape index (κ3) is 3.71. The van der Waals surface area contributed by atoms with E-state index in [1.807, 2.05) is 53.4 Å². The summed E-state index contributed by atoms with van der Waals surface area (Å²) in [6, 6.07) is 17.1. The summed E-state index contributed by atoms with van der Waals surface area (Å²) in [7, 11) is 0. The van der Waals surface area contributed by atoms with Crippen LogP contribution in [0, 0.1) is 0 Å². The second-order valence-corrected chi connectivity index (χ2v) is 8.14. The van der Waals surface area contributed by atoms with Crippen LogP contribution in [-0.2, 0) is 0 Å². The van der Waals surface area contributed by atoms with E-state index >= 15 is 0 Å². The molecule has 2 aliphatic rings. The van der Waals surface area contributed by atoms with E-state index in [1.165, 1.54) is 0 Å². The molecule has 4 aromatic rings. The van der Waals surface area contributed by atoms with Crippen LogP contribution >= 0.6 is 0 Å². The first-order chi connectivity index (χ1) is 16.2. The number of carbonyl (C=O) groups is 1. The molecule has 1 amide bonds. The highest BCUT2D eigenvalue weighted by atomic mass is 16.7. The standard InChI is InChI=1S/C24H21N5O4/c30-24(19-12-18(25-26-19)15-5-2-1-3-6-15)29-10-4-7-17(13-29)23-28-27-22(33-23)16-8-9-20-21(11-16)32-14-31-20/h1-3,5-6,8-9,11-12,17H,4,7,10,13-14H2,(H,25,26). The maximum Gasteiger partial charge on any atom is 0.271 e. The normalized spacial score (nSPS) is 17.3. The van der Waals surface area contributed by atoms with Crippen molar-refractivity contribution in [2.75, 3.05) is 19.9 Å². The van der Waals surface area contributed by atoms with Gasteiger partial charge in [0.1, 0.15) is 5.69 Å².